The molecule has 0 spiro atoms. The maximum Gasteiger partial charge on any atom is 0.416 e. The van der Waals surface area contributed by atoms with Gasteiger partial charge in [-0.3, -0.25) is 9.59 Å². The van der Waals surface area contributed by atoms with E-state index < -0.39 is 23.6 Å². The molecule has 0 saturated carbocycles. The van der Waals surface area contributed by atoms with Crippen LogP contribution in [-0.2, 0) is 15.8 Å². The third-order valence-electron chi connectivity index (χ3n) is 3.35. The Bertz CT molecular complexity index is 839. The molecule has 9 heteroatoms. The number of halogens is 4. The van der Waals surface area contributed by atoms with E-state index in [0.717, 1.165) is 23.8 Å². The van der Waals surface area contributed by atoms with Crippen LogP contribution in [0.25, 0.3) is 0 Å². The Hall–Kier alpha value is -2.87. The van der Waals surface area contributed by atoms with Gasteiger partial charge < -0.3 is 5.32 Å². The highest BCUT2D eigenvalue weighted by Crippen LogP contribution is 2.33. The van der Waals surface area contributed by atoms with Gasteiger partial charge in [0, 0.05) is 12.8 Å². The van der Waals surface area contributed by atoms with Gasteiger partial charge in [0.05, 0.1) is 22.5 Å². The third-order valence-corrected chi connectivity index (χ3v) is 3.68. The van der Waals surface area contributed by atoms with Gasteiger partial charge in [-0.15, -0.1) is 0 Å². The summed E-state index contributed by atoms with van der Waals surface area (Å²) in [5.41, 5.74) is 1.95. The maximum absolute atomic E-state index is 12.7. The van der Waals surface area contributed by atoms with Gasteiger partial charge in [0.2, 0.25) is 11.8 Å². The topological polar surface area (TPSA) is 70.6 Å². The van der Waals surface area contributed by atoms with Crippen LogP contribution in [0.15, 0.2) is 53.6 Å². The largest absolute Gasteiger partial charge is 0.416 e. The molecule has 2 aromatic carbocycles. The molecule has 142 valence electrons. The molecule has 2 rings (SSSR count). The fourth-order valence-electron chi connectivity index (χ4n) is 2.01. The van der Waals surface area contributed by atoms with Crippen molar-refractivity contribution in [2.24, 2.45) is 5.10 Å². The molecule has 0 unspecified atom stereocenters. The molecule has 0 aliphatic rings. The van der Waals surface area contributed by atoms with E-state index in [1.807, 2.05) is 18.2 Å². The summed E-state index contributed by atoms with van der Waals surface area (Å²) in [4.78, 5) is 23.5. The molecule has 0 radical (unpaired) electrons. The number of amides is 2. The van der Waals surface area contributed by atoms with Crippen LogP contribution in [0, 0.1) is 0 Å². The van der Waals surface area contributed by atoms with Crippen LogP contribution in [0.2, 0.25) is 5.02 Å². The van der Waals surface area contributed by atoms with Gasteiger partial charge in [-0.2, -0.15) is 18.3 Å². The zero-order valence-corrected chi connectivity index (χ0v) is 14.6. The predicted molar refractivity (Wildman–Crippen MR) is 96.5 cm³/mol. The van der Waals surface area contributed by atoms with Crippen molar-refractivity contribution >= 4 is 35.3 Å². The number of hydrazone groups is 1. The molecule has 2 aromatic rings. The summed E-state index contributed by atoms with van der Waals surface area (Å²) < 4.78 is 38.1. The van der Waals surface area contributed by atoms with Gasteiger partial charge in [-0.25, -0.2) is 5.43 Å². The van der Waals surface area contributed by atoms with Gasteiger partial charge in [0.15, 0.2) is 0 Å². The minimum absolute atomic E-state index is 0.0340. The van der Waals surface area contributed by atoms with Gasteiger partial charge in [-0.1, -0.05) is 41.9 Å². The summed E-state index contributed by atoms with van der Waals surface area (Å²) >= 11 is 5.80. The monoisotopic (exact) mass is 397 g/mol. The normalized spacial score (nSPS) is 11.4. The first kappa shape index (κ1) is 20.4. The van der Waals surface area contributed by atoms with Crippen LogP contribution in [0.5, 0.6) is 0 Å². The molecular weight excluding hydrogens is 383 g/mol. The van der Waals surface area contributed by atoms with Gasteiger partial charge >= 0.3 is 6.18 Å². The second kappa shape index (κ2) is 9.18. The molecule has 0 saturated heterocycles. The van der Waals surface area contributed by atoms with Crippen molar-refractivity contribution in [3.8, 4) is 0 Å². The van der Waals surface area contributed by atoms with Gasteiger partial charge in [-0.05, 0) is 23.8 Å². The van der Waals surface area contributed by atoms with Crippen LogP contribution in [0.4, 0.5) is 18.9 Å². The molecule has 27 heavy (non-hydrogen) atoms. The van der Waals surface area contributed by atoms with Crippen molar-refractivity contribution in [2.45, 2.75) is 19.0 Å². The Morgan fingerprint density at radius 1 is 1.04 bits per heavy atom. The van der Waals surface area contributed by atoms with E-state index in [1.54, 1.807) is 12.1 Å². The van der Waals surface area contributed by atoms with E-state index in [0.29, 0.717) is 0 Å². The highest BCUT2D eigenvalue weighted by atomic mass is 35.5. The summed E-state index contributed by atoms with van der Waals surface area (Å²) in [5.74, 6) is -1.15. The lowest BCUT2D eigenvalue weighted by atomic mass is 10.2. The molecule has 0 atom stereocenters. The number of carbonyl (C=O) groups is 2. The number of hydrogen-bond acceptors (Lipinski definition) is 3. The fraction of sp³-hybridized carbons (Fsp3) is 0.167. The lowest BCUT2D eigenvalue weighted by Gasteiger charge is -2.11. The average molecular weight is 398 g/mol. The number of carbonyl (C=O) groups excluding carboxylic acids is 2. The standard InChI is InChI=1S/C18H15ClF3N3O2/c19-14-7-6-13(18(20,21)22)10-15(14)24-16(26)8-9-17(27)25-23-11-12-4-2-1-3-5-12/h1-7,10-11H,8-9H2,(H,24,26)(H,25,27)/b23-11-. The lowest BCUT2D eigenvalue weighted by Crippen LogP contribution is -2.21. The molecule has 0 fully saturated rings. The van der Waals surface area contributed by atoms with E-state index in [9.17, 15) is 22.8 Å². The number of alkyl halides is 3. The van der Waals surface area contributed by atoms with E-state index in [4.69, 9.17) is 11.6 Å². The molecule has 0 aromatic heterocycles. The lowest BCUT2D eigenvalue weighted by molar-refractivity contribution is -0.137. The molecule has 0 aliphatic carbocycles. The predicted octanol–water partition coefficient (Wildman–Crippen LogP) is 4.23. The van der Waals surface area contributed by atoms with Crippen LogP contribution >= 0.6 is 11.6 Å². The molecule has 0 aliphatic heterocycles. The molecule has 2 amide bonds. The number of rotatable bonds is 6. The maximum atomic E-state index is 12.7. The van der Waals surface area contributed by atoms with Crippen LogP contribution in [0.1, 0.15) is 24.0 Å². The number of benzene rings is 2. The van der Waals surface area contributed by atoms with E-state index >= 15 is 0 Å². The Labute approximate surface area is 158 Å². The van der Waals surface area contributed by atoms with E-state index in [1.165, 1.54) is 6.21 Å². The molecule has 5 nitrogen and oxygen atoms in total. The first-order chi connectivity index (χ1) is 12.8. The summed E-state index contributed by atoms with van der Waals surface area (Å²) in [5, 5.41) is 5.99. The van der Waals surface area contributed by atoms with Crippen molar-refractivity contribution in [1.82, 2.24) is 5.43 Å². The van der Waals surface area contributed by atoms with Crippen LogP contribution in [0.3, 0.4) is 0 Å². The fourth-order valence-corrected chi connectivity index (χ4v) is 2.18. The summed E-state index contributed by atoms with van der Waals surface area (Å²) in [7, 11) is 0. The minimum atomic E-state index is -4.55. The van der Waals surface area contributed by atoms with Crippen molar-refractivity contribution in [3.63, 3.8) is 0 Å². The zero-order valence-electron chi connectivity index (χ0n) is 13.9. The first-order valence-corrected chi connectivity index (χ1v) is 8.17. The highest BCUT2D eigenvalue weighted by molar-refractivity contribution is 6.33. The summed E-state index contributed by atoms with van der Waals surface area (Å²) in [6.07, 6.45) is -3.53. The van der Waals surface area contributed by atoms with Crippen molar-refractivity contribution in [2.75, 3.05) is 5.32 Å². The van der Waals surface area contributed by atoms with Crippen molar-refractivity contribution < 1.29 is 22.8 Å². The van der Waals surface area contributed by atoms with Crippen LogP contribution < -0.4 is 10.7 Å². The third kappa shape index (κ3) is 6.74. The summed E-state index contributed by atoms with van der Waals surface area (Å²) in [6.45, 7) is 0. The van der Waals surface area contributed by atoms with Gasteiger partial charge in [0.1, 0.15) is 0 Å². The molecule has 0 bridgehead atoms. The minimum Gasteiger partial charge on any atom is -0.325 e. The molecule has 2 N–H and O–H groups in total. The van der Waals surface area contributed by atoms with E-state index in [-0.39, 0.29) is 23.6 Å². The van der Waals surface area contributed by atoms with Crippen molar-refractivity contribution in [3.05, 3.63) is 64.7 Å². The Morgan fingerprint density at radius 3 is 2.37 bits per heavy atom. The number of anilines is 1. The first-order valence-electron chi connectivity index (χ1n) is 7.79. The molecule has 0 heterocycles. The average Bonchev–Trinajstić information content (AvgIpc) is 2.62. The second-order valence-electron chi connectivity index (χ2n) is 5.44. The van der Waals surface area contributed by atoms with Crippen LogP contribution in [-0.4, -0.2) is 18.0 Å². The van der Waals surface area contributed by atoms with E-state index in [2.05, 4.69) is 15.8 Å². The zero-order chi connectivity index (χ0) is 19.9. The second-order valence-corrected chi connectivity index (χ2v) is 5.85. The van der Waals surface area contributed by atoms with Gasteiger partial charge in [0.25, 0.3) is 0 Å². The smallest absolute Gasteiger partial charge is 0.325 e. The Morgan fingerprint density at radius 2 is 1.70 bits per heavy atom. The van der Waals surface area contributed by atoms with Crippen molar-refractivity contribution in [1.29, 1.82) is 0 Å². The Kier molecular flexibility index (Phi) is 6.95. The molecular formula is C18H15ClF3N3O2. The number of nitrogens with one attached hydrogen (secondary N) is 2. The number of nitrogens with zero attached hydrogens (tertiary/aromatic N) is 1. The summed E-state index contributed by atoms with van der Waals surface area (Å²) in [6, 6.07) is 11.7. The highest BCUT2D eigenvalue weighted by Gasteiger charge is 2.31. The Balaban J connectivity index is 1.84. The quantitative estimate of drug-likeness (QED) is 0.565. The number of hydrogen-bond donors (Lipinski definition) is 2. The SMILES string of the molecule is O=C(CCC(=O)Nc1cc(C(F)(F)F)ccc1Cl)N/N=C\c1ccccc1.